The third-order valence-electron chi connectivity index (χ3n) is 5.53. The third kappa shape index (κ3) is 6.34. The second-order valence-electron chi connectivity index (χ2n) is 8.07. The van der Waals surface area contributed by atoms with E-state index in [1.165, 1.54) is 10.5 Å². The van der Waals surface area contributed by atoms with E-state index in [1.54, 1.807) is 11.8 Å². The highest BCUT2D eigenvalue weighted by molar-refractivity contribution is 7.98. The van der Waals surface area contributed by atoms with Gasteiger partial charge in [-0.3, -0.25) is 14.5 Å². The highest BCUT2D eigenvalue weighted by Gasteiger charge is 2.22. The van der Waals surface area contributed by atoms with Crippen molar-refractivity contribution in [3.05, 3.63) is 59.2 Å². The second-order valence-corrected chi connectivity index (χ2v) is 8.92. The van der Waals surface area contributed by atoms with Crippen LogP contribution in [0.1, 0.15) is 29.5 Å². The second kappa shape index (κ2) is 10.6. The van der Waals surface area contributed by atoms with Gasteiger partial charge < -0.3 is 10.6 Å². The summed E-state index contributed by atoms with van der Waals surface area (Å²) in [5.41, 5.74) is 4.14. The molecule has 1 fully saturated rings. The van der Waals surface area contributed by atoms with Gasteiger partial charge in [-0.25, -0.2) is 0 Å². The SMILES string of the molecule is CSc1ccccc1CN1CCC(CNC(=O)C(=O)Nc2cc(C)cc(C)c2)CC1. The predicted octanol–water partition coefficient (Wildman–Crippen LogP) is 3.99. The van der Waals surface area contributed by atoms with Crippen LogP contribution in [0, 0.1) is 19.8 Å². The van der Waals surface area contributed by atoms with Gasteiger partial charge in [0.25, 0.3) is 0 Å². The average Bonchev–Trinajstić information content (AvgIpc) is 2.72. The number of nitrogens with zero attached hydrogens (tertiary/aromatic N) is 1. The maximum absolute atomic E-state index is 12.2. The Balaban J connectivity index is 1.41. The van der Waals surface area contributed by atoms with Gasteiger partial charge >= 0.3 is 11.8 Å². The van der Waals surface area contributed by atoms with E-state index < -0.39 is 11.8 Å². The first-order valence-electron chi connectivity index (χ1n) is 10.5. The molecule has 5 nitrogen and oxygen atoms in total. The minimum absolute atomic E-state index is 0.412. The molecule has 0 spiro atoms. The monoisotopic (exact) mass is 425 g/mol. The Morgan fingerprint density at radius 3 is 2.37 bits per heavy atom. The number of amides is 2. The fraction of sp³-hybridized carbons (Fsp3) is 0.417. The minimum atomic E-state index is -0.605. The molecule has 6 heteroatoms. The predicted molar refractivity (Wildman–Crippen MR) is 124 cm³/mol. The lowest BCUT2D eigenvalue weighted by molar-refractivity contribution is -0.136. The molecule has 0 aliphatic carbocycles. The largest absolute Gasteiger partial charge is 0.348 e. The first kappa shape index (κ1) is 22.4. The van der Waals surface area contributed by atoms with Crippen molar-refractivity contribution in [2.75, 3.05) is 31.2 Å². The maximum atomic E-state index is 12.2. The number of carbonyl (C=O) groups is 2. The molecular weight excluding hydrogens is 394 g/mol. The van der Waals surface area contributed by atoms with Gasteiger partial charge in [0.05, 0.1) is 0 Å². The van der Waals surface area contributed by atoms with E-state index >= 15 is 0 Å². The smallest absolute Gasteiger partial charge is 0.313 e. The van der Waals surface area contributed by atoms with Gasteiger partial charge in [0.1, 0.15) is 0 Å². The molecule has 3 rings (SSSR count). The average molecular weight is 426 g/mol. The number of likely N-dealkylation sites (tertiary alicyclic amines) is 1. The van der Waals surface area contributed by atoms with Crippen LogP contribution >= 0.6 is 11.8 Å². The molecule has 0 bridgehead atoms. The molecule has 30 heavy (non-hydrogen) atoms. The van der Waals surface area contributed by atoms with Gasteiger partial charge in [-0.05, 0) is 86.8 Å². The van der Waals surface area contributed by atoms with Crippen LogP contribution in [0.5, 0.6) is 0 Å². The Morgan fingerprint density at radius 1 is 1.03 bits per heavy atom. The van der Waals surface area contributed by atoms with Crippen molar-refractivity contribution in [2.24, 2.45) is 5.92 Å². The van der Waals surface area contributed by atoms with Gasteiger partial charge in [-0.2, -0.15) is 0 Å². The number of thioether (sulfide) groups is 1. The molecular formula is C24H31N3O2S. The van der Waals surface area contributed by atoms with Crippen LogP contribution in [0.25, 0.3) is 0 Å². The zero-order chi connectivity index (χ0) is 21.5. The molecule has 2 aromatic carbocycles. The number of benzene rings is 2. The molecule has 1 aliphatic heterocycles. The molecule has 1 saturated heterocycles. The Morgan fingerprint density at radius 2 is 1.70 bits per heavy atom. The maximum Gasteiger partial charge on any atom is 0.313 e. The van der Waals surface area contributed by atoms with Crippen molar-refractivity contribution in [2.45, 2.75) is 38.1 Å². The van der Waals surface area contributed by atoms with E-state index in [-0.39, 0.29) is 0 Å². The quantitative estimate of drug-likeness (QED) is 0.543. The van der Waals surface area contributed by atoms with Crippen LogP contribution in [-0.2, 0) is 16.1 Å². The van der Waals surface area contributed by atoms with E-state index in [9.17, 15) is 9.59 Å². The van der Waals surface area contributed by atoms with Crippen molar-refractivity contribution in [3.8, 4) is 0 Å². The molecule has 0 unspecified atom stereocenters. The zero-order valence-electron chi connectivity index (χ0n) is 18.0. The number of hydrogen-bond donors (Lipinski definition) is 2. The molecule has 160 valence electrons. The van der Waals surface area contributed by atoms with Gasteiger partial charge in [0, 0.05) is 23.7 Å². The van der Waals surface area contributed by atoms with E-state index in [1.807, 2.05) is 32.0 Å². The van der Waals surface area contributed by atoms with Crippen LogP contribution in [0.15, 0.2) is 47.4 Å². The normalized spacial score (nSPS) is 15.0. The first-order chi connectivity index (χ1) is 14.4. The van der Waals surface area contributed by atoms with Gasteiger partial charge in [-0.1, -0.05) is 24.3 Å². The summed E-state index contributed by atoms with van der Waals surface area (Å²) in [6.45, 7) is 7.47. The van der Waals surface area contributed by atoms with Crippen molar-refractivity contribution >= 4 is 29.3 Å². The number of nitrogens with one attached hydrogen (secondary N) is 2. The van der Waals surface area contributed by atoms with Crippen LogP contribution in [0.4, 0.5) is 5.69 Å². The van der Waals surface area contributed by atoms with Crippen molar-refractivity contribution in [1.29, 1.82) is 0 Å². The summed E-state index contributed by atoms with van der Waals surface area (Å²) < 4.78 is 0. The molecule has 0 aromatic heterocycles. The molecule has 2 aromatic rings. The Labute approximate surface area is 183 Å². The first-order valence-corrected chi connectivity index (χ1v) is 11.7. The summed E-state index contributed by atoms with van der Waals surface area (Å²) in [4.78, 5) is 28.2. The minimum Gasteiger partial charge on any atom is -0.348 e. The summed E-state index contributed by atoms with van der Waals surface area (Å²) in [6.07, 6.45) is 4.17. The van der Waals surface area contributed by atoms with Crippen LogP contribution < -0.4 is 10.6 Å². The number of anilines is 1. The highest BCUT2D eigenvalue weighted by atomic mass is 32.2. The zero-order valence-corrected chi connectivity index (χ0v) is 18.8. The van der Waals surface area contributed by atoms with E-state index in [0.29, 0.717) is 18.2 Å². The van der Waals surface area contributed by atoms with Gasteiger partial charge in [0.2, 0.25) is 0 Å². The highest BCUT2D eigenvalue weighted by Crippen LogP contribution is 2.24. The number of aryl methyl sites for hydroxylation is 2. The Kier molecular flexibility index (Phi) is 7.94. The summed E-state index contributed by atoms with van der Waals surface area (Å²) >= 11 is 1.79. The molecule has 0 atom stereocenters. The fourth-order valence-corrected chi connectivity index (χ4v) is 4.58. The number of hydrogen-bond acceptors (Lipinski definition) is 4. The van der Waals surface area contributed by atoms with E-state index in [4.69, 9.17) is 0 Å². The molecule has 0 saturated carbocycles. The topological polar surface area (TPSA) is 61.4 Å². The van der Waals surface area contributed by atoms with Gasteiger partial charge in [0.15, 0.2) is 0 Å². The third-order valence-corrected chi connectivity index (χ3v) is 6.37. The summed E-state index contributed by atoms with van der Waals surface area (Å²) in [5, 5.41) is 5.51. The molecule has 1 heterocycles. The van der Waals surface area contributed by atoms with E-state index in [2.05, 4.69) is 46.1 Å². The van der Waals surface area contributed by atoms with Crippen LogP contribution in [0.2, 0.25) is 0 Å². The standard InChI is InChI=1S/C24H31N3O2S/c1-17-12-18(2)14-21(13-17)26-24(29)23(28)25-15-19-8-10-27(11-9-19)16-20-6-4-5-7-22(20)30-3/h4-7,12-14,19H,8-11,15-16H2,1-3H3,(H,25,28)(H,26,29). The molecule has 1 aliphatic rings. The van der Waals surface area contributed by atoms with Crippen LogP contribution in [0.3, 0.4) is 0 Å². The number of piperidine rings is 1. The molecule has 2 amide bonds. The lowest BCUT2D eigenvalue weighted by atomic mass is 9.96. The van der Waals surface area contributed by atoms with Crippen molar-refractivity contribution < 1.29 is 9.59 Å². The lowest BCUT2D eigenvalue weighted by Crippen LogP contribution is -2.41. The van der Waals surface area contributed by atoms with Crippen molar-refractivity contribution in [3.63, 3.8) is 0 Å². The van der Waals surface area contributed by atoms with Crippen molar-refractivity contribution in [1.82, 2.24) is 10.2 Å². The van der Waals surface area contributed by atoms with Gasteiger partial charge in [-0.15, -0.1) is 11.8 Å². The molecule has 0 radical (unpaired) electrons. The summed E-state index contributed by atoms with van der Waals surface area (Å²) in [5.74, 6) is -0.758. The number of carbonyl (C=O) groups excluding carboxylic acids is 2. The lowest BCUT2D eigenvalue weighted by Gasteiger charge is -2.32. The summed E-state index contributed by atoms with van der Waals surface area (Å²) in [6, 6.07) is 14.3. The Hall–Kier alpha value is -2.31. The van der Waals surface area contributed by atoms with E-state index in [0.717, 1.165) is 43.6 Å². The molecule has 2 N–H and O–H groups in total. The Bertz CT molecular complexity index is 872. The number of rotatable bonds is 6. The van der Waals surface area contributed by atoms with Crippen LogP contribution in [-0.4, -0.2) is 42.6 Å². The fourth-order valence-electron chi connectivity index (χ4n) is 3.98. The summed E-state index contributed by atoms with van der Waals surface area (Å²) in [7, 11) is 0.